The van der Waals surface area contributed by atoms with Crippen molar-refractivity contribution < 1.29 is 22.6 Å². The number of methoxy groups -OCH3 is 1. The molecular formula is C10H19F3O2. The molecule has 1 fully saturated rings. The van der Waals surface area contributed by atoms with Gasteiger partial charge in [0.25, 0.3) is 0 Å². The Morgan fingerprint density at radius 3 is 2.07 bits per heavy atom. The Labute approximate surface area is 88.7 Å². The molecule has 0 radical (unpaired) electrons. The molecule has 0 aliphatic heterocycles. The van der Waals surface area contributed by atoms with E-state index < -0.39 is 6.68 Å². The zero-order chi connectivity index (χ0) is 11.5. The van der Waals surface area contributed by atoms with Gasteiger partial charge in [0.1, 0.15) is 0 Å². The first-order chi connectivity index (χ1) is 7.16. The summed E-state index contributed by atoms with van der Waals surface area (Å²) in [5.74, 6) is 0. The molecule has 0 spiro atoms. The lowest BCUT2D eigenvalue weighted by Crippen LogP contribution is -2.18. The summed E-state index contributed by atoms with van der Waals surface area (Å²) >= 11 is 0. The highest BCUT2D eigenvalue weighted by Gasteiger charge is 2.12. The predicted octanol–water partition coefficient (Wildman–Crippen LogP) is 3.16. The van der Waals surface area contributed by atoms with Gasteiger partial charge < -0.3 is 9.47 Å². The number of rotatable bonds is 4. The van der Waals surface area contributed by atoms with Gasteiger partial charge in [0.15, 0.2) is 0 Å². The maximum atomic E-state index is 9.67. The molecule has 0 bridgehead atoms. The number of ether oxygens (including phenoxy) is 2. The number of halogens is 3. The van der Waals surface area contributed by atoms with E-state index in [-0.39, 0.29) is 0 Å². The van der Waals surface area contributed by atoms with Crippen molar-refractivity contribution in [1.29, 1.82) is 0 Å². The molecule has 1 aliphatic carbocycles. The van der Waals surface area contributed by atoms with Gasteiger partial charge in [-0.15, -0.1) is 0 Å². The van der Waals surface area contributed by atoms with Crippen molar-refractivity contribution in [3.05, 3.63) is 0 Å². The number of hydrogen-bond acceptors (Lipinski definition) is 2. The molecule has 0 amide bonds. The molecular weight excluding hydrogens is 209 g/mol. The maximum absolute atomic E-state index is 9.67. The van der Waals surface area contributed by atoms with Gasteiger partial charge in [0.2, 0.25) is 0 Å². The van der Waals surface area contributed by atoms with E-state index in [1.54, 1.807) is 7.11 Å². The summed E-state index contributed by atoms with van der Waals surface area (Å²) in [5.41, 5.74) is 0. The summed E-state index contributed by atoms with van der Waals surface area (Å²) in [6.07, 6.45) is 7.12. The molecule has 0 saturated heterocycles. The molecule has 0 atom stereocenters. The van der Waals surface area contributed by atoms with Crippen molar-refractivity contribution in [2.45, 2.75) is 44.9 Å². The van der Waals surface area contributed by atoms with Crippen LogP contribution in [0.4, 0.5) is 13.2 Å². The zero-order valence-corrected chi connectivity index (χ0v) is 9.05. The van der Waals surface area contributed by atoms with Crippen LogP contribution in [0.2, 0.25) is 0 Å². The lowest BCUT2D eigenvalue weighted by molar-refractivity contribution is -0.000154. The molecule has 0 aromatic carbocycles. The quantitative estimate of drug-likeness (QED) is 0.688. The van der Waals surface area contributed by atoms with E-state index in [9.17, 15) is 13.2 Å². The van der Waals surface area contributed by atoms with Crippen molar-refractivity contribution >= 4 is 0 Å². The Kier molecular flexibility index (Phi) is 10.0. The van der Waals surface area contributed by atoms with Crippen LogP contribution in [0.25, 0.3) is 0 Å². The van der Waals surface area contributed by atoms with E-state index in [1.165, 1.54) is 32.1 Å². The summed E-state index contributed by atoms with van der Waals surface area (Å²) in [4.78, 5) is 0. The largest absolute Gasteiger partial charge is 0.382 e. The number of alkyl halides is 3. The van der Waals surface area contributed by atoms with Gasteiger partial charge in [-0.3, -0.25) is 0 Å². The van der Waals surface area contributed by atoms with Gasteiger partial charge in [0, 0.05) is 7.11 Å². The monoisotopic (exact) mass is 228 g/mol. The number of hydrogen-bond donors (Lipinski definition) is 0. The fourth-order valence-electron chi connectivity index (χ4n) is 1.53. The third-order valence-corrected chi connectivity index (χ3v) is 2.19. The van der Waals surface area contributed by atoms with Crippen LogP contribution in [0, 0.1) is 0 Å². The van der Waals surface area contributed by atoms with Gasteiger partial charge in [-0.25, -0.2) is 0 Å². The third-order valence-electron chi connectivity index (χ3n) is 2.19. The van der Waals surface area contributed by atoms with E-state index in [0.29, 0.717) is 6.10 Å². The zero-order valence-electron chi connectivity index (χ0n) is 9.05. The highest BCUT2D eigenvalue weighted by Crippen LogP contribution is 2.19. The molecule has 0 aromatic rings. The Bertz CT molecular complexity index is 125. The molecule has 0 N–H and O–H groups in total. The highest BCUT2D eigenvalue weighted by atomic mass is 19.4. The topological polar surface area (TPSA) is 18.5 Å². The van der Waals surface area contributed by atoms with E-state index in [2.05, 4.69) is 0 Å². The fourth-order valence-corrected chi connectivity index (χ4v) is 1.53. The van der Waals surface area contributed by atoms with Crippen LogP contribution in [-0.2, 0) is 9.47 Å². The Hall–Kier alpha value is -0.290. The summed E-state index contributed by atoms with van der Waals surface area (Å²) in [7, 11) is 1.71. The van der Waals surface area contributed by atoms with E-state index in [1.807, 2.05) is 0 Å². The molecule has 0 heterocycles. The second-order valence-electron chi connectivity index (χ2n) is 3.37. The first-order valence-corrected chi connectivity index (χ1v) is 5.19. The normalized spacial score (nSPS) is 17.4. The lowest BCUT2D eigenvalue weighted by atomic mass is 9.98. The standard InChI is InChI=1S/C9H18O2.CHF3/c1-10-7-8-11-9-5-3-2-4-6-9;2-1(3)4/h9H,2-8H2,1H3;1H. The molecule has 0 unspecified atom stereocenters. The van der Waals surface area contributed by atoms with Crippen molar-refractivity contribution in [2.75, 3.05) is 20.3 Å². The van der Waals surface area contributed by atoms with E-state index in [0.717, 1.165) is 13.2 Å². The Morgan fingerprint density at radius 2 is 1.60 bits per heavy atom. The van der Waals surface area contributed by atoms with Crippen LogP contribution in [0.1, 0.15) is 32.1 Å². The first-order valence-electron chi connectivity index (χ1n) is 5.19. The summed E-state index contributed by atoms with van der Waals surface area (Å²) in [6, 6.07) is 0. The smallest absolute Gasteiger partial charge is 0.379 e. The highest BCUT2D eigenvalue weighted by molar-refractivity contribution is 4.64. The Balaban J connectivity index is 0.000000423. The van der Waals surface area contributed by atoms with Crippen LogP contribution in [0.3, 0.4) is 0 Å². The van der Waals surface area contributed by atoms with Crippen LogP contribution >= 0.6 is 0 Å². The molecule has 2 nitrogen and oxygen atoms in total. The van der Waals surface area contributed by atoms with Gasteiger partial charge in [-0.2, -0.15) is 13.2 Å². The van der Waals surface area contributed by atoms with E-state index in [4.69, 9.17) is 9.47 Å². The summed E-state index contributed by atoms with van der Waals surface area (Å²) < 4.78 is 39.5. The maximum Gasteiger partial charge on any atom is 0.379 e. The molecule has 15 heavy (non-hydrogen) atoms. The molecule has 92 valence electrons. The second-order valence-corrected chi connectivity index (χ2v) is 3.37. The van der Waals surface area contributed by atoms with Crippen LogP contribution in [0.5, 0.6) is 0 Å². The summed E-state index contributed by atoms with van der Waals surface area (Å²) in [6.45, 7) is -2.17. The fraction of sp³-hybridized carbons (Fsp3) is 1.00. The van der Waals surface area contributed by atoms with Crippen molar-refractivity contribution in [3.63, 3.8) is 0 Å². The van der Waals surface area contributed by atoms with Gasteiger partial charge in [-0.05, 0) is 12.8 Å². The lowest BCUT2D eigenvalue weighted by Gasteiger charge is -2.21. The van der Waals surface area contributed by atoms with Gasteiger partial charge in [0.05, 0.1) is 19.3 Å². The van der Waals surface area contributed by atoms with Crippen LogP contribution in [-0.4, -0.2) is 33.1 Å². The molecule has 1 aliphatic rings. The minimum Gasteiger partial charge on any atom is -0.382 e. The first kappa shape index (κ1) is 14.7. The second kappa shape index (κ2) is 10.2. The van der Waals surface area contributed by atoms with E-state index >= 15 is 0 Å². The molecule has 1 saturated carbocycles. The van der Waals surface area contributed by atoms with Gasteiger partial charge in [-0.1, -0.05) is 19.3 Å². The van der Waals surface area contributed by atoms with Crippen LogP contribution < -0.4 is 0 Å². The molecule has 1 rings (SSSR count). The molecule has 5 heteroatoms. The minimum atomic E-state index is -3.67. The SMILES string of the molecule is COCCOC1CCCCC1.FC(F)F. The van der Waals surface area contributed by atoms with Crippen molar-refractivity contribution in [2.24, 2.45) is 0 Å². The average Bonchev–Trinajstić information content (AvgIpc) is 2.19. The third kappa shape index (κ3) is 11.6. The van der Waals surface area contributed by atoms with Crippen LogP contribution in [0.15, 0.2) is 0 Å². The predicted molar refractivity (Wildman–Crippen MR) is 51.8 cm³/mol. The average molecular weight is 228 g/mol. The minimum absolute atomic E-state index is 0.527. The van der Waals surface area contributed by atoms with Crippen molar-refractivity contribution in [3.8, 4) is 0 Å². The Morgan fingerprint density at radius 1 is 1.07 bits per heavy atom. The molecule has 0 aromatic heterocycles. The van der Waals surface area contributed by atoms with Gasteiger partial charge >= 0.3 is 6.68 Å². The summed E-state index contributed by atoms with van der Waals surface area (Å²) in [5, 5.41) is 0. The van der Waals surface area contributed by atoms with Crippen molar-refractivity contribution in [1.82, 2.24) is 0 Å².